The van der Waals surface area contributed by atoms with Gasteiger partial charge in [-0.1, -0.05) is 0 Å². The number of primary amides is 1. The Morgan fingerprint density at radius 3 is 2.20 bits per heavy atom. The molecule has 2 N–H and O–H groups in total. The number of amides is 1. The first-order chi connectivity index (χ1) is 16.1. The number of hydrogen-bond acceptors (Lipinski definition) is 4. The fourth-order valence-corrected chi connectivity index (χ4v) is 3.30. The van der Waals surface area contributed by atoms with Gasteiger partial charge in [-0.2, -0.15) is 41.2 Å². The van der Waals surface area contributed by atoms with Crippen LogP contribution in [0.15, 0.2) is 30.6 Å². The molecule has 0 unspecified atom stereocenters. The molecule has 0 aliphatic carbocycles. The van der Waals surface area contributed by atoms with Gasteiger partial charge in [0.25, 0.3) is 5.91 Å². The molecular weight excluding hydrogens is 499 g/mol. The van der Waals surface area contributed by atoms with E-state index < -0.39 is 46.2 Å². The van der Waals surface area contributed by atoms with Gasteiger partial charge in [-0.3, -0.25) is 14.5 Å². The molecular formula is C19H15F9N6O. The van der Waals surface area contributed by atoms with Crippen molar-refractivity contribution in [1.82, 2.24) is 24.5 Å². The average Bonchev–Trinajstić information content (AvgIpc) is 3.38. The van der Waals surface area contributed by atoms with Crippen molar-refractivity contribution in [3.05, 3.63) is 53.2 Å². The highest BCUT2D eigenvalue weighted by atomic mass is 19.4. The van der Waals surface area contributed by atoms with Gasteiger partial charge in [-0.15, -0.1) is 13.2 Å². The Morgan fingerprint density at radius 1 is 0.971 bits per heavy atom. The second kappa shape index (κ2) is 9.22. The zero-order valence-electron chi connectivity index (χ0n) is 17.3. The lowest BCUT2D eigenvalue weighted by Crippen LogP contribution is -2.27. The summed E-state index contributed by atoms with van der Waals surface area (Å²) in [6, 6.07) is 4.48. The standard InChI is InChI=1S/C13H12F3N3.C6H3F6N3O/c14-13(15,16)12-7-9(4-5-17-12)11-8-10-3-1-2-6-19(10)18-11;7-5(8,9)3-2(4(13)16)1-14-15(3)6(10,11)12/h4-5,7-8H,1-3,6H2;1H,(H2,13,16). The third kappa shape index (κ3) is 5.92. The minimum absolute atomic E-state index is 0.124. The van der Waals surface area contributed by atoms with E-state index in [-0.39, 0.29) is 6.20 Å². The van der Waals surface area contributed by atoms with Crippen LogP contribution < -0.4 is 5.73 Å². The van der Waals surface area contributed by atoms with Crippen molar-refractivity contribution in [2.75, 3.05) is 0 Å². The highest BCUT2D eigenvalue weighted by molar-refractivity contribution is 5.93. The summed E-state index contributed by atoms with van der Waals surface area (Å²) in [6.45, 7) is 0.840. The minimum Gasteiger partial charge on any atom is -0.365 e. The smallest absolute Gasteiger partial charge is 0.365 e. The largest absolute Gasteiger partial charge is 0.505 e. The van der Waals surface area contributed by atoms with Gasteiger partial charge >= 0.3 is 18.7 Å². The summed E-state index contributed by atoms with van der Waals surface area (Å²) in [4.78, 5) is 13.9. The Hall–Kier alpha value is -3.59. The number of aryl methyl sites for hydroxylation is 2. The van der Waals surface area contributed by atoms with Crippen molar-refractivity contribution < 1.29 is 44.3 Å². The second-order valence-electron chi connectivity index (χ2n) is 7.28. The van der Waals surface area contributed by atoms with Crippen LogP contribution in [-0.2, 0) is 31.6 Å². The van der Waals surface area contributed by atoms with E-state index in [9.17, 15) is 44.3 Å². The molecule has 7 nitrogen and oxygen atoms in total. The lowest BCUT2D eigenvalue weighted by Gasteiger charge is -2.13. The number of fused-ring (bicyclic) bond motifs is 1. The van der Waals surface area contributed by atoms with Gasteiger partial charge in [-0.25, -0.2) is 0 Å². The molecule has 190 valence electrons. The van der Waals surface area contributed by atoms with E-state index in [0.29, 0.717) is 11.3 Å². The van der Waals surface area contributed by atoms with Crippen molar-refractivity contribution in [3.8, 4) is 11.3 Å². The van der Waals surface area contributed by atoms with E-state index in [2.05, 4.69) is 20.9 Å². The number of carbonyl (C=O) groups excluding carboxylic acids is 1. The average molecular weight is 514 g/mol. The lowest BCUT2D eigenvalue weighted by atomic mass is 10.1. The molecule has 0 bridgehead atoms. The van der Waals surface area contributed by atoms with E-state index in [1.54, 1.807) is 6.07 Å². The Kier molecular flexibility index (Phi) is 6.86. The molecule has 0 radical (unpaired) electrons. The fourth-order valence-electron chi connectivity index (χ4n) is 3.30. The molecule has 3 aromatic heterocycles. The topological polar surface area (TPSA) is 91.6 Å². The van der Waals surface area contributed by atoms with Gasteiger partial charge in [0.05, 0.1) is 17.5 Å². The molecule has 0 saturated heterocycles. The van der Waals surface area contributed by atoms with Gasteiger partial charge < -0.3 is 5.73 Å². The predicted molar refractivity (Wildman–Crippen MR) is 100 cm³/mol. The highest BCUT2D eigenvalue weighted by Gasteiger charge is 2.47. The first-order valence-electron chi connectivity index (χ1n) is 9.71. The van der Waals surface area contributed by atoms with Crippen LogP contribution in [0.4, 0.5) is 39.5 Å². The van der Waals surface area contributed by atoms with Crippen molar-refractivity contribution in [3.63, 3.8) is 0 Å². The normalized spacial score (nSPS) is 14.2. The summed E-state index contributed by atoms with van der Waals surface area (Å²) in [5, 5.41) is 6.81. The first-order valence-corrected chi connectivity index (χ1v) is 9.71. The van der Waals surface area contributed by atoms with Crippen LogP contribution in [0.3, 0.4) is 0 Å². The van der Waals surface area contributed by atoms with Crippen molar-refractivity contribution in [2.45, 2.75) is 44.5 Å². The van der Waals surface area contributed by atoms with E-state index >= 15 is 0 Å². The number of rotatable bonds is 2. The maximum absolute atomic E-state index is 12.6. The molecule has 35 heavy (non-hydrogen) atoms. The van der Waals surface area contributed by atoms with Gasteiger partial charge in [0, 0.05) is 24.0 Å². The molecule has 0 spiro atoms. The Bertz CT molecular complexity index is 1180. The van der Waals surface area contributed by atoms with Gasteiger partial charge in [0.1, 0.15) is 5.69 Å². The third-order valence-corrected chi connectivity index (χ3v) is 4.81. The van der Waals surface area contributed by atoms with Gasteiger partial charge in [-0.05, 0) is 37.5 Å². The number of nitrogens with two attached hydrogens (primary N) is 1. The van der Waals surface area contributed by atoms with Crippen LogP contribution >= 0.6 is 0 Å². The second-order valence-corrected chi connectivity index (χ2v) is 7.28. The molecule has 1 amide bonds. The van der Waals surface area contributed by atoms with E-state index in [1.165, 1.54) is 6.20 Å². The van der Waals surface area contributed by atoms with Crippen LogP contribution in [0.2, 0.25) is 0 Å². The zero-order valence-corrected chi connectivity index (χ0v) is 17.3. The molecule has 0 aromatic carbocycles. The Balaban J connectivity index is 0.000000199. The number of halogens is 9. The van der Waals surface area contributed by atoms with E-state index in [4.69, 9.17) is 0 Å². The number of alkyl halides is 9. The number of pyridine rings is 1. The molecule has 0 fully saturated rings. The quantitative estimate of drug-likeness (QED) is 0.499. The summed E-state index contributed by atoms with van der Waals surface area (Å²) >= 11 is 0. The maximum atomic E-state index is 12.6. The third-order valence-electron chi connectivity index (χ3n) is 4.81. The number of nitrogens with zero attached hydrogens (tertiary/aromatic N) is 5. The molecule has 16 heteroatoms. The number of aromatic nitrogens is 5. The predicted octanol–water partition coefficient (Wildman–Crippen LogP) is 4.78. The van der Waals surface area contributed by atoms with Crippen LogP contribution in [-0.4, -0.2) is 30.5 Å². The number of hydrogen-bond donors (Lipinski definition) is 1. The van der Waals surface area contributed by atoms with Crippen molar-refractivity contribution in [2.24, 2.45) is 5.73 Å². The summed E-state index contributed by atoms with van der Waals surface area (Å²) in [7, 11) is 0. The van der Waals surface area contributed by atoms with Crippen LogP contribution in [0.25, 0.3) is 11.3 Å². The lowest BCUT2D eigenvalue weighted by molar-refractivity contribution is -0.229. The summed E-state index contributed by atoms with van der Waals surface area (Å²) < 4.78 is 112. The highest BCUT2D eigenvalue weighted by Crippen LogP contribution is 2.36. The van der Waals surface area contributed by atoms with Gasteiger partial charge in [0.15, 0.2) is 5.69 Å². The number of carbonyl (C=O) groups is 1. The molecule has 0 saturated carbocycles. The summed E-state index contributed by atoms with van der Waals surface area (Å²) in [5.41, 5.74) is 2.21. The van der Waals surface area contributed by atoms with Crippen LogP contribution in [0.5, 0.6) is 0 Å². The SMILES string of the molecule is FC(F)(F)c1cc(-c2cc3n(n2)CCCC3)ccn1.NC(=O)c1cnn(C(F)(F)F)c1C(F)(F)F. The van der Waals surface area contributed by atoms with E-state index in [1.807, 2.05) is 10.7 Å². The van der Waals surface area contributed by atoms with Crippen molar-refractivity contribution in [1.29, 1.82) is 0 Å². The molecule has 0 atom stereocenters. The molecule has 4 heterocycles. The zero-order chi connectivity index (χ0) is 26.2. The first kappa shape index (κ1) is 26.0. The van der Waals surface area contributed by atoms with Crippen LogP contribution in [0.1, 0.15) is 40.3 Å². The molecule has 1 aliphatic heterocycles. The van der Waals surface area contributed by atoms with Crippen molar-refractivity contribution >= 4 is 5.91 Å². The molecule has 3 aromatic rings. The Labute approximate surface area is 190 Å². The van der Waals surface area contributed by atoms with Gasteiger partial charge in [0.2, 0.25) is 0 Å². The summed E-state index contributed by atoms with van der Waals surface area (Å²) in [6.07, 6.45) is -10.8. The molecule has 1 aliphatic rings. The monoisotopic (exact) mass is 514 g/mol. The Morgan fingerprint density at radius 2 is 1.66 bits per heavy atom. The molecule has 4 rings (SSSR count). The maximum Gasteiger partial charge on any atom is 0.505 e. The minimum atomic E-state index is -5.38. The fraction of sp³-hybridized carbons (Fsp3) is 0.368. The summed E-state index contributed by atoms with van der Waals surface area (Å²) in [5.74, 6) is -1.64. The van der Waals surface area contributed by atoms with Crippen LogP contribution in [0, 0.1) is 0 Å². The van der Waals surface area contributed by atoms with E-state index in [0.717, 1.165) is 37.6 Å².